The van der Waals surface area contributed by atoms with Crippen molar-refractivity contribution < 1.29 is 9.72 Å². The molecule has 160 valence electrons. The number of hydrogen-bond acceptors (Lipinski definition) is 7. The van der Waals surface area contributed by atoms with Crippen LogP contribution in [0.5, 0.6) is 0 Å². The van der Waals surface area contributed by atoms with Gasteiger partial charge >= 0.3 is 0 Å². The first-order valence-corrected chi connectivity index (χ1v) is 10.4. The van der Waals surface area contributed by atoms with Crippen molar-refractivity contribution in [2.75, 3.05) is 0 Å². The molecule has 4 rings (SSSR count). The fourth-order valence-corrected chi connectivity index (χ4v) is 4.02. The van der Waals surface area contributed by atoms with Crippen LogP contribution in [0.15, 0.2) is 70.1 Å². The monoisotopic (exact) mass is 447 g/mol. The number of rotatable bonds is 6. The van der Waals surface area contributed by atoms with Crippen molar-refractivity contribution in [2.45, 2.75) is 13.5 Å². The molecule has 9 nitrogen and oxygen atoms in total. The molecule has 0 unspecified atom stereocenters. The van der Waals surface area contributed by atoms with Crippen LogP contribution < -0.4 is 11.0 Å². The number of fused-ring (bicyclic) bond motifs is 1. The van der Waals surface area contributed by atoms with Gasteiger partial charge in [0, 0.05) is 28.6 Å². The first kappa shape index (κ1) is 21.1. The molecule has 0 saturated carbocycles. The molecule has 32 heavy (non-hydrogen) atoms. The van der Waals surface area contributed by atoms with Gasteiger partial charge in [0.05, 0.1) is 22.9 Å². The number of nitrogens with zero attached hydrogens (tertiary/aromatic N) is 4. The van der Waals surface area contributed by atoms with E-state index in [1.54, 1.807) is 6.07 Å². The minimum atomic E-state index is -0.526. The van der Waals surface area contributed by atoms with Crippen molar-refractivity contribution in [3.8, 4) is 11.1 Å². The number of carbonyl (C=O) groups is 1. The van der Waals surface area contributed by atoms with E-state index in [4.69, 9.17) is 0 Å². The van der Waals surface area contributed by atoms with E-state index >= 15 is 0 Å². The van der Waals surface area contributed by atoms with Crippen molar-refractivity contribution in [3.63, 3.8) is 0 Å². The molecule has 1 amide bonds. The van der Waals surface area contributed by atoms with Crippen LogP contribution in [0.3, 0.4) is 0 Å². The highest BCUT2D eigenvalue weighted by molar-refractivity contribution is 7.17. The molecule has 10 heteroatoms. The largest absolute Gasteiger partial charge is 0.289 e. The number of nitro benzene ring substituents is 1. The Bertz CT molecular complexity index is 1410. The van der Waals surface area contributed by atoms with E-state index in [0.717, 1.165) is 16.7 Å². The number of nitrogens with one attached hydrogen (secondary N) is 1. The molecule has 0 fully saturated rings. The molecular weight excluding hydrogens is 430 g/mol. The lowest BCUT2D eigenvalue weighted by Crippen LogP contribution is -2.30. The molecule has 0 aliphatic rings. The van der Waals surface area contributed by atoms with E-state index in [1.807, 2.05) is 36.6 Å². The molecule has 0 aliphatic heterocycles. The van der Waals surface area contributed by atoms with E-state index in [9.17, 15) is 19.7 Å². The smallest absolute Gasteiger partial charge is 0.270 e. The van der Waals surface area contributed by atoms with E-state index in [2.05, 4.69) is 15.5 Å². The summed E-state index contributed by atoms with van der Waals surface area (Å²) in [4.78, 5) is 40.5. The molecule has 0 aliphatic carbocycles. The Morgan fingerprint density at radius 3 is 2.81 bits per heavy atom. The zero-order valence-electron chi connectivity index (χ0n) is 16.9. The van der Waals surface area contributed by atoms with Gasteiger partial charge < -0.3 is 0 Å². The number of aromatic nitrogens is 2. The summed E-state index contributed by atoms with van der Waals surface area (Å²) in [5.74, 6) is -0.526. The van der Waals surface area contributed by atoms with Crippen molar-refractivity contribution in [3.05, 3.63) is 91.8 Å². The van der Waals surface area contributed by atoms with Gasteiger partial charge in [0.1, 0.15) is 11.4 Å². The second-order valence-electron chi connectivity index (χ2n) is 7.02. The summed E-state index contributed by atoms with van der Waals surface area (Å²) < 4.78 is 1.23. The summed E-state index contributed by atoms with van der Waals surface area (Å²) in [5, 5.41) is 17.0. The first-order chi connectivity index (χ1) is 15.4. The molecule has 2 heterocycles. The number of amides is 1. The lowest BCUT2D eigenvalue weighted by atomic mass is 10.1. The summed E-state index contributed by atoms with van der Waals surface area (Å²) >= 11 is 1.37. The van der Waals surface area contributed by atoms with Crippen molar-refractivity contribution in [1.82, 2.24) is 15.0 Å². The first-order valence-electron chi connectivity index (χ1n) is 9.52. The lowest BCUT2D eigenvalue weighted by Gasteiger charge is -2.05. The number of hydrogen-bond donors (Lipinski definition) is 1. The zero-order valence-corrected chi connectivity index (χ0v) is 17.7. The van der Waals surface area contributed by atoms with Gasteiger partial charge in [0.25, 0.3) is 17.2 Å². The molecule has 0 saturated heterocycles. The minimum Gasteiger partial charge on any atom is -0.289 e. The Labute approximate surface area is 185 Å². The number of non-ortho nitro benzene ring substituents is 1. The molecule has 1 N–H and O–H groups in total. The summed E-state index contributed by atoms with van der Waals surface area (Å²) in [7, 11) is 0. The van der Waals surface area contributed by atoms with Crippen LogP contribution in [-0.2, 0) is 11.3 Å². The summed E-state index contributed by atoms with van der Waals surface area (Å²) in [6.45, 7) is 1.72. The van der Waals surface area contributed by atoms with E-state index in [-0.39, 0.29) is 17.8 Å². The van der Waals surface area contributed by atoms with Gasteiger partial charge in [-0.1, -0.05) is 42.0 Å². The molecule has 2 aromatic heterocycles. The highest BCUT2D eigenvalue weighted by Crippen LogP contribution is 2.30. The summed E-state index contributed by atoms with van der Waals surface area (Å²) in [6, 6.07) is 13.7. The van der Waals surface area contributed by atoms with Crippen LogP contribution in [0.1, 0.15) is 11.1 Å². The van der Waals surface area contributed by atoms with Crippen LogP contribution in [0.25, 0.3) is 21.3 Å². The molecule has 2 aromatic carbocycles. The van der Waals surface area contributed by atoms with Crippen LogP contribution >= 0.6 is 11.3 Å². The highest BCUT2D eigenvalue weighted by atomic mass is 32.1. The van der Waals surface area contributed by atoms with Gasteiger partial charge in [-0.25, -0.2) is 10.4 Å². The lowest BCUT2D eigenvalue weighted by molar-refractivity contribution is -0.384. The number of aryl methyl sites for hydroxylation is 1. The number of hydrazone groups is 1. The third-order valence-corrected chi connectivity index (χ3v) is 5.61. The highest BCUT2D eigenvalue weighted by Gasteiger charge is 2.14. The quantitative estimate of drug-likeness (QED) is 0.276. The Morgan fingerprint density at radius 2 is 2.06 bits per heavy atom. The summed E-state index contributed by atoms with van der Waals surface area (Å²) in [6.07, 6.45) is 2.63. The van der Waals surface area contributed by atoms with Crippen LogP contribution in [0.2, 0.25) is 0 Å². The maximum absolute atomic E-state index is 13.0. The van der Waals surface area contributed by atoms with Crippen molar-refractivity contribution in [2.24, 2.45) is 5.10 Å². The Balaban J connectivity index is 1.52. The second-order valence-corrected chi connectivity index (χ2v) is 7.88. The van der Waals surface area contributed by atoms with Crippen LogP contribution in [0, 0.1) is 17.0 Å². The molecular formula is C22H17N5O4S. The van der Waals surface area contributed by atoms with Gasteiger partial charge in [-0.2, -0.15) is 5.10 Å². The average molecular weight is 447 g/mol. The van der Waals surface area contributed by atoms with Crippen LogP contribution in [-0.4, -0.2) is 26.6 Å². The average Bonchev–Trinajstić information content (AvgIpc) is 3.21. The Morgan fingerprint density at radius 1 is 1.28 bits per heavy atom. The van der Waals surface area contributed by atoms with E-state index in [0.29, 0.717) is 15.8 Å². The molecule has 0 radical (unpaired) electrons. The Hall–Kier alpha value is -4.18. The van der Waals surface area contributed by atoms with Crippen molar-refractivity contribution >= 4 is 39.4 Å². The fraction of sp³-hybridized carbons (Fsp3) is 0.0909. The molecule has 0 atom stereocenters. The third kappa shape index (κ3) is 4.44. The standard InChI is InChI=1S/C22H17N5O4S/c1-14-5-7-16(8-6-14)18-12-32-21-20(18)22(29)26(13-23-21)11-19(28)25-24-10-15-3-2-4-17(9-15)27(30)31/h2-10,12-13H,11H2,1H3,(H,25,28)/b24-10-. The predicted octanol–water partition coefficient (Wildman–Crippen LogP) is 3.49. The normalized spacial score (nSPS) is 11.2. The maximum Gasteiger partial charge on any atom is 0.270 e. The minimum absolute atomic E-state index is 0.0775. The van der Waals surface area contributed by atoms with Gasteiger partial charge in [-0.05, 0) is 12.5 Å². The summed E-state index contributed by atoms with van der Waals surface area (Å²) in [5.41, 5.74) is 5.19. The van der Waals surface area contributed by atoms with Gasteiger partial charge in [0.2, 0.25) is 0 Å². The fourth-order valence-electron chi connectivity index (χ4n) is 3.11. The van der Waals surface area contributed by atoms with Gasteiger partial charge in [0.15, 0.2) is 0 Å². The SMILES string of the molecule is Cc1ccc(-c2csc3ncn(CC(=O)N/N=C\c4cccc([N+](=O)[O-])c4)c(=O)c23)cc1. The van der Waals surface area contributed by atoms with E-state index < -0.39 is 10.8 Å². The third-order valence-electron chi connectivity index (χ3n) is 4.72. The number of nitro groups is 1. The maximum atomic E-state index is 13.0. The number of thiophene rings is 1. The van der Waals surface area contributed by atoms with E-state index in [1.165, 1.54) is 46.6 Å². The zero-order chi connectivity index (χ0) is 22.7. The molecule has 4 aromatic rings. The number of benzene rings is 2. The van der Waals surface area contributed by atoms with Crippen LogP contribution in [0.4, 0.5) is 5.69 Å². The Kier molecular flexibility index (Phi) is 5.86. The van der Waals surface area contributed by atoms with Gasteiger partial charge in [-0.15, -0.1) is 11.3 Å². The van der Waals surface area contributed by atoms with Gasteiger partial charge in [-0.3, -0.25) is 24.3 Å². The molecule has 0 spiro atoms. The molecule has 0 bridgehead atoms. The second kappa shape index (κ2) is 8.90. The number of carbonyl (C=O) groups excluding carboxylic acids is 1. The predicted molar refractivity (Wildman–Crippen MR) is 123 cm³/mol. The van der Waals surface area contributed by atoms with Crippen molar-refractivity contribution in [1.29, 1.82) is 0 Å². The topological polar surface area (TPSA) is 119 Å².